The summed E-state index contributed by atoms with van der Waals surface area (Å²) in [5.74, 6) is -0.673. The summed E-state index contributed by atoms with van der Waals surface area (Å²) in [4.78, 5) is 41.7. The normalized spacial score (nSPS) is 16.8. The smallest absolute Gasteiger partial charge is 0.257 e. The number of halogens is 1. The minimum absolute atomic E-state index is 0. The number of aromatic amines is 1. The molecule has 140 valence electrons. The molecule has 3 rings (SSSR count). The second kappa shape index (κ2) is 8.82. The quantitative estimate of drug-likeness (QED) is 0.736. The van der Waals surface area contributed by atoms with Crippen molar-refractivity contribution < 1.29 is 9.59 Å². The predicted octanol–water partition coefficient (Wildman–Crippen LogP) is 0.890. The molecule has 7 nitrogen and oxygen atoms in total. The molecule has 0 aliphatic carbocycles. The van der Waals surface area contributed by atoms with Crippen molar-refractivity contribution in [2.75, 3.05) is 26.7 Å². The molecule has 0 radical (unpaired) electrons. The van der Waals surface area contributed by atoms with E-state index in [1.807, 2.05) is 13.1 Å². The summed E-state index contributed by atoms with van der Waals surface area (Å²) in [5, 5.41) is 6.19. The number of likely N-dealkylation sites (tertiary alicyclic amines) is 1. The molecule has 2 amide bonds. The van der Waals surface area contributed by atoms with Crippen LogP contribution in [0.4, 0.5) is 0 Å². The number of para-hydroxylation sites is 1. The van der Waals surface area contributed by atoms with Crippen molar-refractivity contribution in [1.82, 2.24) is 20.5 Å². The number of fused-ring (bicyclic) bond motifs is 1. The number of likely N-dealkylation sites (N-methyl/N-ethyl adjacent to an activating group) is 1. The molecule has 2 aromatic rings. The predicted molar refractivity (Wildman–Crippen MR) is 103 cm³/mol. The van der Waals surface area contributed by atoms with Crippen LogP contribution in [0.25, 0.3) is 10.9 Å². The van der Waals surface area contributed by atoms with E-state index in [9.17, 15) is 14.4 Å². The van der Waals surface area contributed by atoms with Gasteiger partial charge in [0.25, 0.3) is 5.91 Å². The number of nitrogens with one attached hydrogen (secondary N) is 3. The largest absolute Gasteiger partial charge is 0.360 e. The summed E-state index contributed by atoms with van der Waals surface area (Å²) in [6, 6.07) is 7.29. The Hall–Kier alpha value is -2.38. The van der Waals surface area contributed by atoms with Gasteiger partial charge in [-0.1, -0.05) is 12.1 Å². The molecule has 1 unspecified atom stereocenters. The lowest BCUT2D eigenvalue weighted by molar-refractivity contribution is -0.131. The van der Waals surface area contributed by atoms with Gasteiger partial charge in [-0.25, -0.2) is 0 Å². The third-order valence-corrected chi connectivity index (χ3v) is 4.62. The first kappa shape index (κ1) is 19.9. The van der Waals surface area contributed by atoms with Crippen LogP contribution in [0.3, 0.4) is 0 Å². The lowest BCUT2D eigenvalue weighted by Crippen LogP contribution is -2.50. The standard InChI is InChI=1S/C18H22N4O3.ClH/c1-19-12-5-4-8-22(11-12)16(23)10-21-18(25)14-9-20-15-7-3-2-6-13(15)17(14)24;/h2-3,6-7,9,12,19H,4-5,8,10-11H2,1H3,(H,20,24)(H,21,25);1H. The Morgan fingerprint density at radius 1 is 1.31 bits per heavy atom. The highest BCUT2D eigenvalue weighted by Crippen LogP contribution is 2.10. The average Bonchev–Trinajstić information content (AvgIpc) is 2.66. The molecule has 1 atom stereocenters. The van der Waals surface area contributed by atoms with Crippen LogP contribution in [0.2, 0.25) is 0 Å². The van der Waals surface area contributed by atoms with Crippen LogP contribution in [0.15, 0.2) is 35.3 Å². The van der Waals surface area contributed by atoms with Gasteiger partial charge in [0.1, 0.15) is 5.56 Å². The molecule has 8 heteroatoms. The first-order chi connectivity index (χ1) is 12.1. The number of carbonyl (C=O) groups is 2. The number of hydrogen-bond acceptors (Lipinski definition) is 4. The molecule has 26 heavy (non-hydrogen) atoms. The lowest BCUT2D eigenvalue weighted by Gasteiger charge is -2.32. The Bertz CT molecular complexity index is 852. The fourth-order valence-corrected chi connectivity index (χ4v) is 3.14. The number of hydrogen-bond donors (Lipinski definition) is 3. The number of aromatic nitrogens is 1. The zero-order valence-electron chi connectivity index (χ0n) is 14.6. The molecule has 0 bridgehead atoms. The maximum absolute atomic E-state index is 12.4. The number of rotatable bonds is 4. The van der Waals surface area contributed by atoms with Crippen LogP contribution in [-0.4, -0.2) is 54.4 Å². The monoisotopic (exact) mass is 378 g/mol. The van der Waals surface area contributed by atoms with Crippen molar-refractivity contribution >= 4 is 35.1 Å². The molecule has 2 heterocycles. The molecule has 3 N–H and O–H groups in total. The Morgan fingerprint density at radius 3 is 2.85 bits per heavy atom. The highest BCUT2D eigenvalue weighted by Gasteiger charge is 2.23. The number of carbonyl (C=O) groups excluding carboxylic acids is 2. The fraction of sp³-hybridized carbons (Fsp3) is 0.389. The summed E-state index contributed by atoms with van der Waals surface area (Å²) < 4.78 is 0. The zero-order chi connectivity index (χ0) is 17.8. The van der Waals surface area contributed by atoms with E-state index in [0.717, 1.165) is 12.8 Å². The summed E-state index contributed by atoms with van der Waals surface area (Å²) in [6.45, 7) is 1.23. The van der Waals surface area contributed by atoms with E-state index in [-0.39, 0.29) is 41.9 Å². The lowest BCUT2D eigenvalue weighted by atomic mass is 10.1. The van der Waals surface area contributed by atoms with Crippen molar-refractivity contribution in [3.63, 3.8) is 0 Å². The Balaban J connectivity index is 0.00000243. The van der Waals surface area contributed by atoms with Crippen molar-refractivity contribution in [1.29, 1.82) is 0 Å². The SMILES string of the molecule is CNC1CCCN(C(=O)CNC(=O)c2c[nH]c3ccccc3c2=O)C1.Cl. The number of amides is 2. The van der Waals surface area contributed by atoms with Crippen LogP contribution < -0.4 is 16.1 Å². The second-order valence-electron chi connectivity index (χ2n) is 6.23. The summed E-state index contributed by atoms with van der Waals surface area (Å²) in [6.07, 6.45) is 3.37. The summed E-state index contributed by atoms with van der Waals surface area (Å²) in [7, 11) is 1.88. The third kappa shape index (κ3) is 4.23. The van der Waals surface area contributed by atoms with Gasteiger partial charge in [-0.15, -0.1) is 12.4 Å². The minimum atomic E-state index is -0.539. The maximum Gasteiger partial charge on any atom is 0.257 e. The van der Waals surface area contributed by atoms with Gasteiger partial charge in [0, 0.05) is 36.2 Å². The molecule has 0 saturated carbocycles. The molecule has 1 aromatic heterocycles. The van der Waals surface area contributed by atoms with E-state index < -0.39 is 5.91 Å². The first-order valence-corrected chi connectivity index (χ1v) is 8.44. The number of benzene rings is 1. The van der Waals surface area contributed by atoms with Gasteiger partial charge in [0.2, 0.25) is 11.3 Å². The van der Waals surface area contributed by atoms with Crippen molar-refractivity contribution in [3.05, 3.63) is 46.2 Å². The molecule has 1 saturated heterocycles. The topological polar surface area (TPSA) is 94.3 Å². The zero-order valence-corrected chi connectivity index (χ0v) is 15.4. The highest BCUT2D eigenvalue weighted by molar-refractivity contribution is 5.98. The van der Waals surface area contributed by atoms with Crippen LogP contribution in [0, 0.1) is 0 Å². The number of H-pyrrole nitrogens is 1. The van der Waals surface area contributed by atoms with Gasteiger partial charge >= 0.3 is 0 Å². The van der Waals surface area contributed by atoms with E-state index >= 15 is 0 Å². The highest BCUT2D eigenvalue weighted by atomic mass is 35.5. The van der Waals surface area contributed by atoms with Gasteiger partial charge in [-0.3, -0.25) is 14.4 Å². The minimum Gasteiger partial charge on any atom is -0.360 e. The van der Waals surface area contributed by atoms with Crippen LogP contribution in [0.1, 0.15) is 23.2 Å². The van der Waals surface area contributed by atoms with E-state index in [1.54, 1.807) is 23.1 Å². The number of pyridine rings is 1. The van der Waals surface area contributed by atoms with Crippen molar-refractivity contribution in [2.24, 2.45) is 0 Å². The van der Waals surface area contributed by atoms with E-state index in [1.165, 1.54) is 6.20 Å². The summed E-state index contributed by atoms with van der Waals surface area (Å²) in [5.41, 5.74) is 0.345. The van der Waals surface area contributed by atoms with Crippen molar-refractivity contribution in [3.8, 4) is 0 Å². The van der Waals surface area contributed by atoms with E-state index in [0.29, 0.717) is 24.0 Å². The van der Waals surface area contributed by atoms with Crippen LogP contribution in [0.5, 0.6) is 0 Å². The van der Waals surface area contributed by atoms with E-state index in [4.69, 9.17) is 0 Å². The van der Waals surface area contributed by atoms with E-state index in [2.05, 4.69) is 15.6 Å². The average molecular weight is 379 g/mol. The van der Waals surface area contributed by atoms with Crippen LogP contribution in [-0.2, 0) is 4.79 Å². The summed E-state index contributed by atoms with van der Waals surface area (Å²) >= 11 is 0. The molecule has 1 fully saturated rings. The van der Waals surface area contributed by atoms with Crippen molar-refractivity contribution in [2.45, 2.75) is 18.9 Å². The number of piperidine rings is 1. The Labute approximate surface area is 157 Å². The van der Waals surface area contributed by atoms with Gasteiger partial charge in [0.15, 0.2) is 0 Å². The molecule has 1 aliphatic rings. The second-order valence-corrected chi connectivity index (χ2v) is 6.23. The van der Waals surface area contributed by atoms with Gasteiger partial charge < -0.3 is 20.5 Å². The third-order valence-electron chi connectivity index (χ3n) is 4.62. The van der Waals surface area contributed by atoms with Gasteiger partial charge in [-0.2, -0.15) is 0 Å². The molecular weight excluding hydrogens is 356 g/mol. The van der Waals surface area contributed by atoms with Crippen LogP contribution >= 0.6 is 12.4 Å². The maximum atomic E-state index is 12.4. The van der Waals surface area contributed by atoms with Gasteiger partial charge in [-0.05, 0) is 32.0 Å². The molecule has 1 aliphatic heterocycles. The Morgan fingerprint density at radius 2 is 2.08 bits per heavy atom. The Kier molecular flexibility index (Phi) is 6.76. The molecule has 1 aromatic carbocycles. The molecular formula is C18H23ClN4O3. The molecule has 0 spiro atoms. The van der Waals surface area contributed by atoms with Gasteiger partial charge in [0.05, 0.1) is 6.54 Å². The first-order valence-electron chi connectivity index (χ1n) is 8.44. The fourth-order valence-electron chi connectivity index (χ4n) is 3.14. The number of nitrogens with zero attached hydrogens (tertiary/aromatic N) is 1.